The van der Waals surface area contributed by atoms with Crippen molar-refractivity contribution in [2.75, 3.05) is 37.5 Å². The van der Waals surface area contributed by atoms with E-state index in [1.807, 2.05) is 6.07 Å². The van der Waals surface area contributed by atoms with E-state index in [2.05, 4.69) is 41.5 Å². The smallest absolute Gasteiger partial charge is 0.382 e. The SMILES string of the molecule is CN(C)[C@H]1CC[C@H](Nc2cccc3c2cc(C#CCNc2ccc(S(C)(=O)=O)cc2)n3CC(F)(F)F)CC1. The van der Waals surface area contributed by atoms with Crippen molar-refractivity contribution in [1.82, 2.24) is 9.47 Å². The van der Waals surface area contributed by atoms with Gasteiger partial charge in [0.25, 0.3) is 0 Å². The molecule has 204 valence electrons. The molecule has 38 heavy (non-hydrogen) atoms. The summed E-state index contributed by atoms with van der Waals surface area (Å²) in [7, 11) is 0.895. The van der Waals surface area contributed by atoms with Gasteiger partial charge in [-0.1, -0.05) is 12.0 Å². The average Bonchev–Trinajstić information content (AvgIpc) is 3.18. The summed E-state index contributed by atoms with van der Waals surface area (Å²) in [6, 6.07) is 14.2. The Bertz CT molecular complexity index is 1430. The summed E-state index contributed by atoms with van der Waals surface area (Å²) in [6.45, 7) is -0.940. The lowest BCUT2D eigenvalue weighted by molar-refractivity contribution is -0.140. The van der Waals surface area contributed by atoms with Gasteiger partial charge in [0.1, 0.15) is 6.54 Å². The largest absolute Gasteiger partial charge is 0.406 e. The fourth-order valence-electron chi connectivity index (χ4n) is 4.92. The van der Waals surface area contributed by atoms with Gasteiger partial charge in [0.05, 0.1) is 22.7 Å². The molecule has 1 heterocycles. The number of rotatable bonds is 7. The van der Waals surface area contributed by atoms with Crippen LogP contribution in [0.4, 0.5) is 24.5 Å². The van der Waals surface area contributed by atoms with Crippen molar-refractivity contribution in [2.45, 2.75) is 55.4 Å². The normalized spacial score (nSPS) is 18.3. The van der Waals surface area contributed by atoms with Gasteiger partial charge in [-0.2, -0.15) is 13.2 Å². The van der Waals surface area contributed by atoms with Gasteiger partial charge in [0.15, 0.2) is 9.84 Å². The van der Waals surface area contributed by atoms with E-state index in [0.717, 1.165) is 43.0 Å². The standard InChI is InChI=1S/C28H33F3N4O2S/c1-34(2)22-13-9-21(10-14-22)33-26-7-4-8-27-25(26)18-23(35(27)19-28(29,30)31)6-5-17-32-20-11-15-24(16-12-20)38(3,36)37/h4,7-8,11-12,15-16,18,21-22,32-33H,9-10,13-14,17,19H2,1-3H3/t21-,22-. The maximum Gasteiger partial charge on any atom is 0.406 e. The van der Waals surface area contributed by atoms with E-state index in [1.54, 1.807) is 30.3 Å². The van der Waals surface area contributed by atoms with E-state index >= 15 is 0 Å². The van der Waals surface area contributed by atoms with Crippen LogP contribution in [0.3, 0.4) is 0 Å². The van der Waals surface area contributed by atoms with Gasteiger partial charge in [-0.25, -0.2) is 8.42 Å². The minimum Gasteiger partial charge on any atom is -0.382 e. The molecule has 10 heteroatoms. The van der Waals surface area contributed by atoms with Crippen LogP contribution in [0, 0.1) is 11.8 Å². The quantitative estimate of drug-likeness (QED) is 0.391. The highest BCUT2D eigenvalue weighted by atomic mass is 32.2. The Morgan fingerprint density at radius 3 is 2.34 bits per heavy atom. The number of benzene rings is 2. The van der Waals surface area contributed by atoms with Gasteiger partial charge in [0, 0.05) is 35.1 Å². The van der Waals surface area contributed by atoms with Crippen LogP contribution in [0.1, 0.15) is 31.4 Å². The number of sulfone groups is 1. The lowest BCUT2D eigenvalue weighted by Crippen LogP contribution is -2.36. The first-order valence-corrected chi connectivity index (χ1v) is 14.4. The first-order chi connectivity index (χ1) is 17.9. The monoisotopic (exact) mass is 546 g/mol. The van der Waals surface area contributed by atoms with E-state index in [4.69, 9.17) is 0 Å². The summed E-state index contributed by atoms with van der Waals surface area (Å²) in [4.78, 5) is 2.46. The van der Waals surface area contributed by atoms with E-state index in [9.17, 15) is 21.6 Å². The number of anilines is 2. The zero-order chi connectivity index (χ0) is 27.5. The zero-order valence-electron chi connectivity index (χ0n) is 21.8. The van der Waals surface area contributed by atoms with Crippen LogP contribution >= 0.6 is 0 Å². The van der Waals surface area contributed by atoms with E-state index in [-0.39, 0.29) is 23.2 Å². The van der Waals surface area contributed by atoms with Crippen LogP contribution in [-0.4, -0.2) is 63.0 Å². The molecule has 3 aromatic rings. The molecule has 0 radical (unpaired) electrons. The number of halogens is 3. The summed E-state index contributed by atoms with van der Waals surface area (Å²) < 4.78 is 64.9. The summed E-state index contributed by atoms with van der Waals surface area (Å²) in [5.41, 5.74) is 2.27. The molecule has 1 fully saturated rings. The van der Waals surface area contributed by atoms with Crippen molar-refractivity contribution >= 4 is 32.1 Å². The van der Waals surface area contributed by atoms with Gasteiger partial charge in [-0.3, -0.25) is 0 Å². The molecule has 0 bridgehead atoms. The maximum absolute atomic E-state index is 13.5. The average molecular weight is 547 g/mol. The van der Waals surface area contributed by atoms with Crippen molar-refractivity contribution in [1.29, 1.82) is 0 Å². The maximum atomic E-state index is 13.5. The van der Waals surface area contributed by atoms with Crippen LogP contribution in [0.5, 0.6) is 0 Å². The minimum absolute atomic E-state index is 0.186. The molecule has 0 aliphatic heterocycles. The Hall–Kier alpha value is -3.16. The summed E-state index contributed by atoms with van der Waals surface area (Å²) >= 11 is 0. The van der Waals surface area contributed by atoms with Crippen molar-refractivity contribution in [3.63, 3.8) is 0 Å². The predicted octanol–water partition coefficient (Wildman–Crippen LogP) is 5.36. The number of nitrogens with zero attached hydrogens (tertiary/aromatic N) is 2. The first kappa shape index (κ1) is 27.9. The van der Waals surface area contributed by atoms with Crippen molar-refractivity contribution in [3.05, 3.63) is 54.2 Å². The molecule has 0 amide bonds. The molecule has 1 aliphatic carbocycles. The van der Waals surface area contributed by atoms with Crippen LogP contribution in [-0.2, 0) is 16.4 Å². The second-order valence-corrected chi connectivity index (χ2v) is 12.1. The predicted molar refractivity (Wildman–Crippen MR) is 146 cm³/mol. The van der Waals surface area contributed by atoms with Gasteiger partial charge in [0.2, 0.25) is 0 Å². The number of hydrogen-bond acceptors (Lipinski definition) is 5. The number of fused-ring (bicyclic) bond motifs is 1. The van der Waals surface area contributed by atoms with Crippen LogP contribution < -0.4 is 10.6 Å². The molecule has 1 saturated carbocycles. The molecule has 4 rings (SSSR count). The first-order valence-electron chi connectivity index (χ1n) is 12.6. The molecule has 6 nitrogen and oxygen atoms in total. The molecule has 0 saturated heterocycles. The Balaban J connectivity index is 1.54. The Morgan fingerprint density at radius 1 is 1.05 bits per heavy atom. The molecule has 2 N–H and O–H groups in total. The Labute approximate surface area is 222 Å². The number of hydrogen-bond donors (Lipinski definition) is 2. The van der Waals surface area contributed by atoms with Gasteiger partial charge in [-0.15, -0.1) is 0 Å². The Kier molecular flexibility index (Phi) is 8.28. The molecule has 0 atom stereocenters. The van der Waals surface area contributed by atoms with Crippen LogP contribution in [0.2, 0.25) is 0 Å². The second kappa shape index (κ2) is 11.3. The summed E-state index contributed by atoms with van der Waals surface area (Å²) in [6.07, 6.45) is 0.915. The number of nitrogens with one attached hydrogen (secondary N) is 2. The summed E-state index contributed by atoms with van der Waals surface area (Å²) in [5, 5.41) is 7.35. The van der Waals surface area contributed by atoms with Crippen LogP contribution in [0.15, 0.2) is 53.4 Å². The third-order valence-corrected chi connectivity index (χ3v) is 8.08. The fraction of sp³-hybridized carbons (Fsp3) is 0.429. The molecule has 1 aromatic heterocycles. The lowest BCUT2D eigenvalue weighted by atomic mass is 9.90. The third-order valence-electron chi connectivity index (χ3n) is 6.95. The molecular weight excluding hydrogens is 513 g/mol. The van der Waals surface area contributed by atoms with Gasteiger partial charge >= 0.3 is 6.18 Å². The van der Waals surface area contributed by atoms with Crippen molar-refractivity contribution in [2.24, 2.45) is 0 Å². The number of alkyl halides is 3. The third kappa shape index (κ3) is 7.03. The van der Waals surface area contributed by atoms with Crippen molar-refractivity contribution in [3.8, 4) is 11.8 Å². The lowest BCUT2D eigenvalue weighted by Gasteiger charge is -2.33. The van der Waals surface area contributed by atoms with E-state index < -0.39 is 22.6 Å². The molecule has 1 aliphatic rings. The second-order valence-electron chi connectivity index (χ2n) is 10.0. The highest BCUT2D eigenvalue weighted by molar-refractivity contribution is 7.90. The minimum atomic E-state index is -4.39. The molecule has 0 spiro atoms. The Morgan fingerprint density at radius 2 is 1.74 bits per heavy atom. The molecular formula is C28H33F3N4O2S. The number of aromatic nitrogens is 1. The van der Waals surface area contributed by atoms with E-state index in [0.29, 0.717) is 17.2 Å². The van der Waals surface area contributed by atoms with Crippen LogP contribution in [0.25, 0.3) is 10.9 Å². The highest BCUT2D eigenvalue weighted by Crippen LogP contribution is 2.32. The molecule has 0 unspecified atom stereocenters. The van der Waals surface area contributed by atoms with Gasteiger partial charge < -0.3 is 20.1 Å². The highest BCUT2D eigenvalue weighted by Gasteiger charge is 2.30. The summed E-state index contributed by atoms with van der Waals surface area (Å²) in [5.74, 6) is 5.81. The van der Waals surface area contributed by atoms with Crippen molar-refractivity contribution < 1.29 is 21.6 Å². The topological polar surface area (TPSA) is 66.4 Å². The zero-order valence-corrected chi connectivity index (χ0v) is 22.6. The fourth-order valence-corrected chi connectivity index (χ4v) is 5.55. The molecule has 2 aromatic carbocycles. The van der Waals surface area contributed by atoms with E-state index in [1.165, 1.54) is 16.7 Å². The van der Waals surface area contributed by atoms with Gasteiger partial charge in [-0.05, 0) is 88.2 Å².